The van der Waals surface area contributed by atoms with E-state index >= 15 is 0 Å². The molecule has 1 aromatic carbocycles. The Labute approximate surface area is 52.1 Å². The number of halogens is 2. The Morgan fingerprint density at radius 2 is 1.78 bits per heavy atom. The normalized spacial score (nSPS) is 9.67. The van der Waals surface area contributed by atoms with Gasteiger partial charge in [-0.2, -0.15) is 0 Å². The van der Waals surface area contributed by atoms with E-state index in [2.05, 4.69) is 0 Å². The third-order valence-corrected chi connectivity index (χ3v) is 0.944. The zero-order valence-corrected chi connectivity index (χ0v) is 4.57. The van der Waals surface area contributed by atoms with E-state index < -0.39 is 11.6 Å². The average molecular weight is 126 g/mol. The number of rotatable bonds is 0. The molecule has 0 bridgehead atoms. The van der Waals surface area contributed by atoms with Crippen LogP contribution in [0.1, 0.15) is 5.56 Å². The first-order chi connectivity index (χ1) is 4.20. The molecule has 0 unspecified atom stereocenters. The molecule has 0 aliphatic heterocycles. The SMILES string of the molecule is [CH]c1ccc(F)c(F)c1. The minimum Gasteiger partial charge on any atom is -0.204 e. The molecule has 1 rings (SSSR count). The van der Waals surface area contributed by atoms with E-state index in [1.807, 2.05) is 0 Å². The van der Waals surface area contributed by atoms with Crippen LogP contribution in [-0.2, 0) is 0 Å². The first-order valence-corrected chi connectivity index (χ1v) is 2.40. The summed E-state index contributed by atoms with van der Waals surface area (Å²) in [7, 11) is 0. The molecule has 0 amide bonds. The van der Waals surface area contributed by atoms with E-state index in [0.717, 1.165) is 12.1 Å². The fourth-order valence-corrected chi connectivity index (χ4v) is 0.512. The van der Waals surface area contributed by atoms with Gasteiger partial charge in [0.25, 0.3) is 0 Å². The largest absolute Gasteiger partial charge is 0.204 e. The Balaban J connectivity index is 3.17. The molecule has 0 aliphatic rings. The summed E-state index contributed by atoms with van der Waals surface area (Å²) in [4.78, 5) is 0. The molecular formula is C7H4F2. The van der Waals surface area contributed by atoms with Crippen molar-refractivity contribution in [2.75, 3.05) is 0 Å². The average Bonchev–Trinajstić information content (AvgIpc) is 1.80. The van der Waals surface area contributed by atoms with Crippen molar-refractivity contribution in [3.8, 4) is 0 Å². The highest BCUT2D eigenvalue weighted by Crippen LogP contribution is 2.06. The fraction of sp³-hybridized carbons (Fsp3) is 0. The number of hydrogen-bond acceptors (Lipinski definition) is 0. The van der Waals surface area contributed by atoms with Gasteiger partial charge in [0.05, 0.1) is 0 Å². The molecule has 0 N–H and O–H groups in total. The van der Waals surface area contributed by atoms with Gasteiger partial charge in [-0.15, -0.1) is 0 Å². The van der Waals surface area contributed by atoms with Crippen LogP contribution in [0.15, 0.2) is 18.2 Å². The van der Waals surface area contributed by atoms with Crippen LogP contribution >= 0.6 is 0 Å². The summed E-state index contributed by atoms with van der Waals surface area (Å²) in [6.07, 6.45) is 0. The van der Waals surface area contributed by atoms with Crippen LogP contribution in [0, 0.1) is 18.6 Å². The summed E-state index contributed by atoms with van der Waals surface area (Å²) in [5.41, 5.74) is 0.230. The molecule has 46 valence electrons. The molecule has 0 aromatic heterocycles. The van der Waals surface area contributed by atoms with Crippen molar-refractivity contribution in [1.29, 1.82) is 0 Å². The van der Waals surface area contributed by atoms with E-state index in [1.54, 1.807) is 0 Å². The molecule has 1 aromatic rings. The molecule has 0 atom stereocenters. The summed E-state index contributed by atoms with van der Waals surface area (Å²) in [5, 5.41) is 0. The minimum absolute atomic E-state index is 0.230. The standard InChI is InChI=1S/C7H4F2/c1-5-2-3-6(8)7(9)4-5/h1-4H. The lowest BCUT2D eigenvalue weighted by Gasteiger charge is -1.91. The summed E-state index contributed by atoms with van der Waals surface area (Å²) < 4.78 is 24.2. The lowest BCUT2D eigenvalue weighted by Crippen LogP contribution is -1.82. The summed E-state index contributed by atoms with van der Waals surface area (Å²) in [6.45, 7) is 5.12. The van der Waals surface area contributed by atoms with Crippen molar-refractivity contribution in [1.82, 2.24) is 0 Å². The van der Waals surface area contributed by atoms with Crippen molar-refractivity contribution in [3.63, 3.8) is 0 Å². The molecule has 0 fully saturated rings. The van der Waals surface area contributed by atoms with Gasteiger partial charge in [-0.05, 0) is 24.6 Å². The zero-order valence-electron chi connectivity index (χ0n) is 4.57. The first kappa shape index (κ1) is 6.20. The Bertz CT molecular complexity index is 218. The van der Waals surface area contributed by atoms with Crippen molar-refractivity contribution in [2.24, 2.45) is 0 Å². The van der Waals surface area contributed by atoms with Gasteiger partial charge in [0.2, 0.25) is 0 Å². The van der Waals surface area contributed by atoms with Gasteiger partial charge < -0.3 is 0 Å². The van der Waals surface area contributed by atoms with Crippen LogP contribution < -0.4 is 0 Å². The Morgan fingerprint density at radius 1 is 1.11 bits per heavy atom. The Hall–Kier alpha value is -0.920. The highest BCUT2D eigenvalue weighted by molar-refractivity contribution is 5.19. The maximum Gasteiger partial charge on any atom is 0.159 e. The topological polar surface area (TPSA) is 0 Å². The minimum atomic E-state index is -0.907. The van der Waals surface area contributed by atoms with Crippen LogP contribution in [0.25, 0.3) is 0 Å². The molecule has 0 saturated carbocycles. The molecular weight excluding hydrogens is 122 g/mol. The molecule has 0 spiro atoms. The lowest BCUT2D eigenvalue weighted by molar-refractivity contribution is 0.508. The molecule has 9 heavy (non-hydrogen) atoms. The van der Waals surface area contributed by atoms with Gasteiger partial charge >= 0.3 is 0 Å². The third-order valence-electron chi connectivity index (χ3n) is 0.944. The van der Waals surface area contributed by atoms with Crippen molar-refractivity contribution in [2.45, 2.75) is 0 Å². The van der Waals surface area contributed by atoms with E-state index in [0.29, 0.717) is 0 Å². The zero-order chi connectivity index (χ0) is 6.85. The number of benzene rings is 1. The Morgan fingerprint density at radius 3 is 2.22 bits per heavy atom. The van der Waals surface area contributed by atoms with Crippen molar-refractivity contribution in [3.05, 3.63) is 42.3 Å². The third kappa shape index (κ3) is 1.25. The van der Waals surface area contributed by atoms with E-state index in [4.69, 9.17) is 6.92 Å². The van der Waals surface area contributed by atoms with Gasteiger partial charge in [0, 0.05) is 0 Å². The van der Waals surface area contributed by atoms with Crippen molar-refractivity contribution < 1.29 is 8.78 Å². The summed E-state index contributed by atoms with van der Waals surface area (Å²) in [6, 6.07) is 3.23. The molecule has 2 heteroatoms. The fourth-order valence-electron chi connectivity index (χ4n) is 0.512. The van der Waals surface area contributed by atoms with Crippen LogP contribution in [-0.4, -0.2) is 0 Å². The molecule has 0 heterocycles. The molecule has 0 saturated heterocycles. The van der Waals surface area contributed by atoms with Gasteiger partial charge in [0.15, 0.2) is 11.6 Å². The van der Waals surface area contributed by atoms with Crippen LogP contribution in [0.4, 0.5) is 8.78 Å². The van der Waals surface area contributed by atoms with E-state index in [9.17, 15) is 8.78 Å². The van der Waals surface area contributed by atoms with Gasteiger partial charge in [0.1, 0.15) is 0 Å². The van der Waals surface area contributed by atoms with Crippen molar-refractivity contribution >= 4 is 0 Å². The van der Waals surface area contributed by atoms with Gasteiger partial charge in [-0.3, -0.25) is 0 Å². The second-order valence-electron chi connectivity index (χ2n) is 1.67. The van der Waals surface area contributed by atoms with Gasteiger partial charge in [-0.1, -0.05) is 6.07 Å². The van der Waals surface area contributed by atoms with Gasteiger partial charge in [-0.25, -0.2) is 8.78 Å². The summed E-state index contributed by atoms with van der Waals surface area (Å²) >= 11 is 0. The predicted octanol–water partition coefficient (Wildman–Crippen LogP) is 2.02. The highest BCUT2D eigenvalue weighted by atomic mass is 19.2. The van der Waals surface area contributed by atoms with Crippen LogP contribution in [0.3, 0.4) is 0 Å². The first-order valence-electron chi connectivity index (χ1n) is 2.40. The smallest absolute Gasteiger partial charge is 0.159 e. The molecule has 0 aliphatic carbocycles. The van der Waals surface area contributed by atoms with E-state index in [-0.39, 0.29) is 5.56 Å². The monoisotopic (exact) mass is 126 g/mol. The van der Waals surface area contributed by atoms with E-state index in [1.165, 1.54) is 6.07 Å². The quantitative estimate of drug-likeness (QED) is 0.499. The maximum atomic E-state index is 12.1. The van der Waals surface area contributed by atoms with Crippen LogP contribution in [0.2, 0.25) is 0 Å². The van der Waals surface area contributed by atoms with Crippen LogP contribution in [0.5, 0.6) is 0 Å². The molecule has 0 nitrogen and oxygen atoms in total. The Kier molecular flexibility index (Phi) is 1.47. The highest BCUT2D eigenvalue weighted by Gasteiger charge is 1.97. The predicted molar refractivity (Wildman–Crippen MR) is 29.8 cm³/mol. The second-order valence-corrected chi connectivity index (χ2v) is 1.67. The molecule has 2 radical (unpaired) electrons. The maximum absolute atomic E-state index is 12.1. The lowest BCUT2D eigenvalue weighted by atomic mass is 10.2. The number of hydrogen-bond donors (Lipinski definition) is 0. The summed E-state index contributed by atoms with van der Waals surface area (Å²) in [5.74, 6) is -1.78. The second kappa shape index (κ2) is 2.13.